The van der Waals surface area contributed by atoms with Crippen molar-refractivity contribution in [3.05, 3.63) is 83.9 Å². The molecule has 8 heteroatoms. The second-order valence-electron chi connectivity index (χ2n) is 9.40. The Kier molecular flexibility index (Phi) is 9.21. The molecule has 1 aliphatic rings. The predicted octanol–water partition coefficient (Wildman–Crippen LogP) is 4.07. The number of rotatable bonds is 12. The molecule has 1 aliphatic heterocycles. The number of anilines is 3. The van der Waals surface area contributed by atoms with Crippen molar-refractivity contribution in [1.82, 2.24) is 5.32 Å². The van der Waals surface area contributed by atoms with Crippen molar-refractivity contribution in [3.8, 4) is 5.75 Å². The number of amides is 2. The van der Waals surface area contributed by atoms with Crippen LogP contribution in [0, 0.1) is 0 Å². The molecule has 3 aromatic rings. The quantitative estimate of drug-likeness (QED) is 0.290. The van der Waals surface area contributed by atoms with E-state index in [2.05, 4.69) is 16.0 Å². The Morgan fingerprint density at radius 2 is 1.84 bits per heavy atom. The molecule has 4 N–H and O–H groups in total. The van der Waals surface area contributed by atoms with Gasteiger partial charge in [-0.1, -0.05) is 36.4 Å². The lowest BCUT2D eigenvalue weighted by molar-refractivity contribution is -0.117. The Morgan fingerprint density at radius 1 is 1.03 bits per heavy atom. The fourth-order valence-corrected chi connectivity index (χ4v) is 4.63. The van der Waals surface area contributed by atoms with Crippen LogP contribution < -0.4 is 25.6 Å². The topological polar surface area (TPSA) is 103 Å². The van der Waals surface area contributed by atoms with Crippen molar-refractivity contribution in [2.75, 3.05) is 42.3 Å². The Bertz CT molecular complexity index is 1230. The summed E-state index contributed by atoms with van der Waals surface area (Å²) in [5, 5.41) is 20.7. The lowest BCUT2D eigenvalue weighted by Gasteiger charge is -2.26. The van der Waals surface area contributed by atoms with Crippen molar-refractivity contribution in [2.45, 2.75) is 38.3 Å². The van der Waals surface area contributed by atoms with Crippen LogP contribution in [0.25, 0.3) is 0 Å². The highest BCUT2D eigenvalue weighted by Crippen LogP contribution is 2.27. The average Bonchev–Trinajstić information content (AvgIpc) is 3.37. The van der Waals surface area contributed by atoms with Crippen LogP contribution in [-0.2, 0) is 11.2 Å². The van der Waals surface area contributed by atoms with Gasteiger partial charge in [-0.15, -0.1) is 0 Å². The number of aliphatic hydroxyl groups excluding tert-OH is 1. The zero-order valence-corrected chi connectivity index (χ0v) is 21.9. The molecule has 0 saturated carbocycles. The first-order valence-corrected chi connectivity index (χ1v) is 13.1. The molecule has 0 aromatic heterocycles. The van der Waals surface area contributed by atoms with E-state index in [-0.39, 0.29) is 18.4 Å². The normalized spacial score (nSPS) is 14.6. The minimum atomic E-state index is -0.873. The van der Waals surface area contributed by atoms with E-state index in [1.165, 1.54) is 0 Å². The van der Waals surface area contributed by atoms with E-state index in [0.717, 1.165) is 23.4 Å². The van der Waals surface area contributed by atoms with E-state index in [1.807, 2.05) is 67.6 Å². The molecule has 2 atom stereocenters. The Hall–Kier alpha value is -4.04. The fraction of sp³-hybridized carbons (Fsp3) is 0.333. The van der Waals surface area contributed by atoms with Crippen molar-refractivity contribution < 1.29 is 19.4 Å². The third-order valence-corrected chi connectivity index (χ3v) is 6.61. The maximum Gasteiger partial charge on any atom is 0.251 e. The molecule has 0 radical (unpaired) electrons. The number of nitrogens with zero attached hydrogens (tertiary/aromatic N) is 1. The summed E-state index contributed by atoms with van der Waals surface area (Å²) in [5.74, 6) is 0.469. The van der Waals surface area contributed by atoms with Crippen molar-refractivity contribution in [3.63, 3.8) is 0 Å². The number of ether oxygens (including phenoxy) is 1. The second kappa shape index (κ2) is 13.0. The Labute approximate surface area is 224 Å². The molecule has 8 nitrogen and oxygen atoms in total. The summed E-state index contributed by atoms with van der Waals surface area (Å²) in [5.41, 5.74) is 3.73. The SMILES string of the molecule is CCNc1cc(C(=O)N[C@@H](Cc2ccccc2)[C@@H](O)CNc2cccc(OC)c2)cc(N2CCCC2=O)c1. The number of hydrogen-bond acceptors (Lipinski definition) is 6. The van der Waals surface area contributed by atoms with Gasteiger partial charge in [-0.2, -0.15) is 0 Å². The van der Waals surface area contributed by atoms with Crippen LogP contribution in [0.1, 0.15) is 35.7 Å². The molecule has 0 spiro atoms. The number of hydrogen-bond donors (Lipinski definition) is 4. The summed E-state index contributed by atoms with van der Waals surface area (Å²) in [4.78, 5) is 27.6. The first-order valence-electron chi connectivity index (χ1n) is 13.1. The predicted molar refractivity (Wildman–Crippen MR) is 151 cm³/mol. The molecule has 1 fully saturated rings. The van der Waals surface area contributed by atoms with Gasteiger partial charge in [0.05, 0.1) is 19.3 Å². The van der Waals surface area contributed by atoms with Crippen molar-refractivity contribution in [2.24, 2.45) is 0 Å². The third kappa shape index (κ3) is 7.04. The molecule has 0 unspecified atom stereocenters. The van der Waals surface area contributed by atoms with E-state index < -0.39 is 12.1 Å². The maximum atomic E-state index is 13.5. The number of aliphatic hydroxyl groups is 1. The van der Waals surface area contributed by atoms with Crippen LogP contribution >= 0.6 is 0 Å². The highest BCUT2D eigenvalue weighted by Gasteiger charge is 2.26. The van der Waals surface area contributed by atoms with E-state index in [1.54, 1.807) is 24.1 Å². The molecule has 200 valence electrons. The minimum absolute atomic E-state index is 0.0611. The van der Waals surface area contributed by atoms with Crippen LogP contribution in [0.15, 0.2) is 72.8 Å². The van der Waals surface area contributed by atoms with Gasteiger partial charge >= 0.3 is 0 Å². The van der Waals surface area contributed by atoms with Crippen LogP contribution in [-0.4, -0.2) is 55.8 Å². The molecule has 38 heavy (non-hydrogen) atoms. The molecule has 0 bridgehead atoms. The molecule has 4 rings (SSSR count). The molecular weight excluding hydrogens is 480 g/mol. The summed E-state index contributed by atoms with van der Waals surface area (Å²) >= 11 is 0. The van der Waals surface area contributed by atoms with Gasteiger partial charge in [0.25, 0.3) is 5.91 Å². The Balaban J connectivity index is 1.54. The highest BCUT2D eigenvalue weighted by molar-refractivity contribution is 6.00. The van der Waals surface area contributed by atoms with E-state index in [4.69, 9.17) is 4.74 Å². The minimum Gasteiger partial charge on any atom is -0.497 e. The molecular formula is C30H36N4O4. The number of benzene rings is 3. The first-order chi connectivity index (χ1) is 18.5. The highest BCUT2D eigenvalue weighted by atomic mass is 16.5. The maximum absolute atomic E-state index is 13.5. The van der Waals surface area contributed by atoms with E-state index in [0.29, 0.717) is 42.9 Å². The largest absolute Gasteiger partial charge is 0.497 e. The van der Waals surface area contributed by atoms with Gasteiger partial charge in [0.15, 0.2) is 0 Å². The van der Waals surface area contributed by atoms with Crippen LogP contribution in [0.4, 0.5) is 17.1 Å². The summed E-state index contributed by atoms with van der Waals surface area (Å²) in [6.07, 6.45) is 0.899. The number of carbonyl (C=O) groups excluding carboxylic acids is 2. The van der Waals surface area contributed by atoms with E-state index in [9.17, 15) is 14.7 Å². The van der Waals surface area contributed by atoms with Crippen molar-refractivity contribution in [1.29, 1.82) is 0 Å². The standard InChI is InChI=1S/C30H36N4O4/c1-3-31-24-16-22(17-25(18-24)34-14-8-13-29(34)36)30(37)33-27(15-21-9-5-4-6-10-21)28(35)20-32-23-11-7-12-26(19-23)38-2/h4-7,9-12,16-19,27-28,31-32,35H,3,8,13-15,20H2,1-2H3,(H,33,37)/t27-,28-/m0/s1. The number of carbonyl (C=O) groups is 2. The smallest absolute Gasteiger partial charge is 0.251 e. The van der Waals surface area contributed by atoms with Gasteiger partial charge in [-0.25, -0.2) is 0 Å². The van der Waals surface area contributed by atoms with Gasteiger partial charge < -0.3 is 30.7 Å². The van der Waals surface area contributed by atoms with Crippen LogP contribution in [0.2, 0.25) is 0 Å². The van der Waals surface area contributed by atoms with Gasteiger partial charge in [0.1, 0.15) is 5.75 Å². The lowest BCUT2D eigenvalue weighted by Crippen LogP contribution is -2.47. The average molecular weight is 517 g/mol. The zero-order chi connectivity index (χ0) is 26.9. The monoisotopic (exact) mass is 516 g/mol. The molecule has 3 aromatic carbocycles. The summed E-state index contributed by atoms with van der Waals surface area (Å²) in [6.45, 7) is 3.54. The molecule has 2 amide bonds. The fourth-order valence-electron chi connectivity index (χ4n) is 4.63. The van der Waals surface area contributed by atoms with Gasteiger partial charge in [0, 0.05) is 54.7 Å². The zero-order valence-electron chi connectivity index (χ0n) is 21.9. The number of nitrogens with one attached hydrogen (secondary N) is 3. The molecule has 1 saturated heterocycles. The van der Waals surface area contributed by atoms with Crippen molar-refractivity contribution >= 4 is 28.9 Å². The van der Waals surface area contributed by atoms with E-state index >= 15 is 0 Å². The van der Waals surface area contributed by atoms with Crippen LogP contribution in [0.5, 0.6) is 5.75 Å². The number of methoxy groups -OCH3 is 1. The van der Waals surface area contributed by atoms with Crippen LogP contribution in [0.3, 0.4) is 0 Å². The van der Waals surface area contributed by atoms with Gasteiger partial charge in [0.2, 0.25) is 5.91 Å². The molecule has 1 heterocycles. The first kappa shape index (κ1) is 27.0. The van der Waals surface area contributed by atoms with Gasteiger partial charge in [-0.3, -0.25) is 9.59 Å². The Morgan fingerprint density at radius 3 is 2.55 bits per heavy atom. The lowest BCUT2D eigenvalue weighted by atomic mass is 10.00. The third-order valence-electron chi connectivity index (χ3n) is 6.61. The summed E-state index contributed by atoms with van der Waals surface area (Å²) < 4.78 is 5.28. The van der Waals surface area contributed by atoms with Gasteiger partial charge in [-0.05, 0) is 55.7 Å². The second-order valence-corrected chi connectivity index (χ2v) is 9.40. The summed E-state index contributed by atoms with van der Waals surface area (Å²) in [7, 11) is 1.61. The summed E-state index contributed by atoms with van der Waals surface area (Å²) in [6, 6.07) is 22.1. The molecule has 0 aliphatic carbocycles.